The third-order valence-corrected chi connectivity index (χ3v) is 7.09. The number of amides is 2. The van der Waals surface area contributed by atoms with Crippen molar-refractivity contribution < 1.29 is 19.1 Å². The van der Waals surface area contributed by atoms with E-state index >= 15 is 0 Å². The molecule has 1 aromatic rings. The lowest BCUT2D eigenvalue weighted by atomic mass is 9.97. The van der Waals surface area contributed by atoms with Crippen molar-refractivity contribution in [3.05, 3.63) is 29.8 Å². The molecule has 0 radical (unpaired) electrons. The topological polar surface area (TPSA) is 62.3 Å². The van der Waals surface area contributed by atoms with Crippen molar-refractivity contribution in [2.75, 3.05) is 45.9 Å². The Morgan fingerprint density at radius 2 is 1.66 bits per heavy atom. The van der Waals surface area contributed by atoms with Gasteiger partial charge in [0.1, 0.15) is 5.75 Å². The van der Waals surface area contributed by atoms with Gasteiger partial charge in [-0.05, 0) is 70.2 Å². The number of ether oxygens (including phenoxy) is 2. The molecule has 7 nitrogen and oxygen atoms in total. The molecule has 0 spiro atoms. The standard InChI is InChI=1S/C25H37N3O4/c1-19-5-3-6-20(2)28(19)24(29)18-32-22-10-8-21(9-11-22)25(30)27-14-12-26(13-15-27)17-23-7-4-16-31-23/h8-11,19-20,23H,3-7,12-18H2,1-2H3. The fourth-order valence-electron chi connectivity index (χ4n) is 5.22. The highest BCUT2D eigenvalue weighted by molar-refractivity contribution is 5.94. The van der Waals surface area contributed by atoms with Gasteiger partial charge in [0, 0.05) is 57.0 Å². The Balaban J connectivity index is 1.23. The van der Waals surface area contributed by atoms with E-state index < -0.39 is 0 Å². The van der Waals surface area contributed by atoms with E-state index in [1.54, 1.807) is 24.3 Å². The lowest BCUT2D eigenvalue weighted by molar-refractivity contribution is -0.139. The number of hydrogen-bond acceptors (Lipinski definition) is 5. The maximum atomic E-state index is 12.9. The summed E-state index contributed by atoms with van der Waals surface area (Å²) in [5.41, 5.74) is 0.662. The maximum Gasteiger partial charge on any atom is 0.260 e. The Kier molecular flexibility index (Phi) is 7.68. The molecule has 0 bridgehead atoms. The average Bonchev–Trinajstić information content (AvgIpc) is 3.31. The highest BCUT2D eigenvalue weighted by Crippen LogP contribution is 2.23. The van der Waals surface area contributed by atoms with Crippen LogP contribution in [0.4, 0.5) is 0 Å². The summed E-state index contributed by atoms with van der Waals surface area (Å²) >= 11 is 0. The van der Waals surface area contributed by atoms with Crippen LogP contribution in [0.15, 0.2) is 24.3 Å². The Labute approximate surface area is 191 Å². The summed E-state index contributed by atoms with van der Waals surface area (Å²) in [5, 5.41) is 0. The summed E-state index contributed by atoms with van der Waals surface area (Å²) in [6.07, 6.45) is 5.94. The van der Waals surface area contributed by atoms with Gasteiger partial charge in [0.05, 0.1) is 6.10 Å². The molecule has 3 aliphatic rings. The van der Waals surface area contributed by atoms with E-state index in [2.05, 4.69) is 18.7 Å². The predicted molar refractivity (Wildman–Crippen MR) is 123 cm³/mol. The van der Waals surface area contributed by atoms with Crippen LogP contribution in [0.25, 0.3) is 0 Å². The van der Waals surface area contributed by atoms with E-state index in [0.717, 1.165) is 65.0 Å². The molecular weight excluding hydrogens is 406 g/mol. The van der Waals surface area contributed by atoms with Crippen LogP contribution in [-0.2, 0) is 9.53 Å². The van der Waals surface area contributed by atoms with Crippen molar-refractivity contribution in [2.45, 2.75) is 64.1 Å². The molecular formula is C25H37N3O4. The van der Waals surface area contributed by atoms with Crippen molar-refractivity contribution in [1.82, 2.24) is 14.7 Å². The van der Waals surface area contributed by atoms with Gasteiger partial charge >= 0.3 is 0 Å². The number of carbonyl (C=O) groups is 2. The monoisotopic (exact) mass is 443 g/mol. The molecule has 1 aromatic carbocycles. The predicted octanol–water partition coefficient (Wildman–Crippen LogP) is 2.79. The van der Waals surface area contributed by atoms with Gasteiger partial charge in [0.15, 0.2) is 6.61 Å². The SMILES string of the molecule is CC1CCCC(C)N1C(=O)COc1ccc(C(=O)N2CCN(CC3CCCO3)CC2)cc1. The van der Waals surface area contributed by atoms with Crippen LogP contribution < -0.4 is 4.74 Å². The third-order valence-electron chi connectivity index (χ3n) is 7.09. The maximum absolute atomic E-state index is 12.9. The highest BCUT2D eigenvalue weighted by atomic mass is 16.5. The molecule has 32 heavy (non-hydrogen) atoms. The number of carbonyl (C=O) groups excluding carboxylic acids is 2. The van der Waals surface area contributed by atoms with Gasteiger partial charge in [-0.15, -0.1) is 0 Å². The van der Waals surface area contributed by atoms with Crippen molar-refractivity contribution >= 4 is 11.8 Å². The molecule has 2 amide bonds. The Morgan fingerprint density at radius 3 is 2.28 bits per heavy atom. The van der Waals surface area contributed by atoms with Crippen LogP contribution in [0.2, 0.25) is 0 Å². The summed E-state index contributed by atoms with van der Waals surface area (Å²) in [6.45, 7) is 9.37. The molecule has 3 fully saturated rings. The quantitative estimate of drug-likeness (QED) is 0.677. The Morgan fingerprint density at radius 1 is 0.969 bits per heavy atom. The molecule has 0 aromatic heterocycles. The van der Waals surface area contributed by atoms with Crippen LogP contribution in [0.3, 0.4) is 0 Å². The molecule has 0 N–H and O–H groups in total. The van der Waals surface area contributed by atoms with Crippen LogP contribution in [-0.4, -0.2) is 90.6 Å². The summed E-state index contributed by atoms with van der Waals surface area (Å²) in [7, 11) is 0. The summed E-state index contributed by atoms with van der Waals surface area (Å²) < 4.78 is 11.5. The zero-order valence-corrected chi connectivity index (χ0v) is 19.5. The lowest BCUT2D eigenvalue weighted by Gasteiger charge is -2.39. The minimum Gasteiger partial charge on any atom is -0.484 e. The molecule has 176 valence electrons. The second-order valence-corrected chi connectivity index (χ2v) is 9.47. The van der Waals surface area contributed by atoms with Crippen LogP contribution in [0.5, 0.6) is 5.75 Å². The van der Waals surface area contributed by atoms with E-state index in [4.69, 9.17) is 9.47 Å². The van der Waals surface area contributed by atoms with Crippen LogP contribution >= 0.6 is 0 Å². The number of hydrogen-bond donors (Lipinski definition) is 0. The van der Waals surface area contributed by atoms with Gasteiger partial charge in [-0.2, -0.15) is 0 Å². The second kappa shape index (κ2) is 10.7. The minimum atomic E-state index is 0.0331. The number of rotatable bonds is 6. The third kappa shape index (κ3) is 5.62. The lowest BCUT2D eigenvalue weighted by Crippen LogP contribution is -2.50. The fourth-order valence-corrected chi connectivity index (χ4v) is 5.22. The van der Waals surface area contributed by atoms with Crippen molar-refractivity contribution in [3.63, 3.8) is 0 Å². The molecule has 3 saturated heterocycles. The summed E-state index contributed by atoms with van der Waals surface area (Å²) in [4.78, 5) is 31.8. The largest absolute Gasteiger partial charge is 0.484 e. The molecule has 3 heterocycles. The number of nitrogens with zero attached hydrogens (tertiary/aromatic N) is 3. The summed E-state index contributed by atoms with van der Waals surface area (Å²) in [5.74, 6) is 0.708. The minimum absolute atomic E-state index is 0.0331. The van der Waals surface area contributed by atoms with Gasteiger partial charge < -0.3 is 19.3 Å². The van der Waals surface area contributed by atoms with Gasteiger partial charge in [-0.1, -0.05) is 0 Å². The second-order valence-electron chi connectivity index (χ2n) is 9.47. The molecule has 0 aliphatic carbocycles. The van der Waals surface area contributed by atoms with Crippen molar-refractivity contribution in [2.24, 2.45) is 0 Å². The molecule has 3 aliphatic heterocycles. The van der Waals surface area contributed by atoms with Gasteiger partial charge in [-0.3, -0.25) is 14.5 Å². The highest BCUT2D eigenvalue weighted by Gasteiger charge is 2.29. The van der Waals surface area contributed by atoms with Crippen molar-refractivity contribution in [3.8, 4) is 5.75 Å². The number of piperidine rings is 1. The zero-order chi connectivity index (χ0) is 22.5. The van der Waals surface area contributed by atoms with Crippen LogP contribution in [0, 0.1) is 0 Å². The van der Waals surface area contributed by atoms with Gasteiger partial charge in [0.25, 0.3) is 11.8 Å². The number of likely N-dealkylation sites (tertiary alicyclic amines) is 1. The van der Waals surface area contributed by atoms with E-state index in [0.29, 0.717) is 17.4 Å². The first-order valence-electron chi connectivity index (χ1n) is 12.2. The zero-order valence-electron chi connectivity index (χ0n) is 19.5. The smallest absolute Gasteiger partial charge is 0.260 e. The first-order chi connectivity index (χ1) is 15.5. The van der Waals surface area contributed by atoms with Gasteiger partial charge in [-0.25, -0.2) is 0 Å². The van der Waals surface area contributed by atoms with E-state index in [1.807, 2.05) is 9.80 Å². The summed E-state index contributed by atoms with van der Waals surface area (Å²) in [6, 6.07) is 7.70. The molecule has 4 rings (SSSR count). The Hall–Kier alpha value is -2.12. The Bertz CT molecular complexity index is 760. The fraction of sp³-hybridized carbons (Fsp3) is 0.680. The average molecular weight is 444 g/mol. The van der Waals surface area contributed by atoms with Crippen LogP contribution in [0.1, 0.15) is 56.3 Å². The van der Waals surface area contributed by atoms with E-state index in [1.165, 1.54) is 6.42 Å². The first-order valence-corrected chi connectivity index (χ1v) is 12.2. The number of benzene rings is 1. The molecule has 3 atom stereocenters. The van der Waals surface area contributed by atoms with E-state index in [-0.39, 0.29) is 30.5 Å². The normalized spacial score (nSPS) is 26.9. The van der Waals surface area contributed by atoms with Crippen molar-refractivity contribution in [1.29, 1.82) is 0 Å². The first kappa shape index (κ1) is 23.1. The number of piperazine rings is 1. The molecule has 3 unspecified atom stereocenters. The molecule has 0 saturated carbocycles. The molecule has 7 heteroatoms. The van der Waals surface area contributed by atoms with Gasteiger partial charge in [0.2, 0.25) is 0 Å². The van der Waals surface area contributed by atoms with E-state index in [9.17, 15) is 9.59 Å².